The molecular formula is C17H21N3OS. The van der Waals surface area contributed by atoms with Gasteiger partial charge in [0.1, 0.15) is 5.76 Å². The fourth-order valence-corrected chi connectivity index (χ4v) is 3.46. The number of imidazole rings is 1. The molecule has 0 aliphatic carbocycles. The Hall–Kier alpha value is -1.85. The molecule has 3 aromatic heterocycles. The minimum Gasteiger partial charge on any atom is -0.468 e. The van der Waals surface area contributed by atoms with Crippen molar-refractivity contribution in [3.63, 3.8) is 0 Å². The van der Waals surface area contributed by atoms with Gasteiger partial charge in [0.05, 0.1) is 19.1 Å². The average molecular weight is 315 g/mol. The lowest BCUT2D eigenvalue weighted by molar-refractivity contribution is 0.230. The highest BCUT2D eigenvalue weighted by Crippen LogP contribution is 2.19. The highest BCUT2D eigenvalue weighted by Gasteiger charge is 2.10. The molecule has 0 atom stereocenters. The van der Waals surface area contributed by atoms with Crippen LogP contribution in [-0.4, -0.2) is 21.0 Å². The molecule has 0 aliphatic heterocycles. The number of furan rings is 1. The van der Waals surface area contributed by atoms with Crippen molar-refractivity contribution in [3.05, 3.63) is 64.8 Å². The molecule has 0 radical (unpaired) electrons. The van der Waals surface area contributed by atoms with Gasteiger partial charge in [0.2, 0.25) is 0 Å². The number of aryl methyl sites for hydroxylation is 2. The van der Waals surface area contributed by atoms with Gasteiger partial charge in [-0.15, -0.1) is 11.3 Å². The summed E-state index contributed by atoms with van der Waals surface area (Å²) in [6.45, 7) is 6.02. The van der Waals surface area contributed by atoms with Gasteiger partial charge >= 0.3 is 0 Å². The molecule has 5 heteroatoms. The quantitative estimate of drug-likeness (QED) is 0.631. The topological polar surface area (TPSA) is 34.2 Å². The van der Waals surface area contributed by atoms with E-state index in [1.165, 1.54) is 9.75 Å². The Morgan fingerprint density at radius 2 is 2.23 bits per heavy atom. The Bertz CT molecular complexity index is 658. The molecule has 0 aromatic carbocycles. The largest absolute Gasteiger partial charge is 0.468 e. The standard InChI is InChI=1S/C17H21N3OS/c1-15-5-6-17(22-15)13-20(12-16-4-2-11-21-16)9-3-8-19-10-7-18-14-19/h2,4-7,10-11,14H,3,8-9,12-13H2,1H3. The van der Waals surface area contributed by atoms with E-state index in [9.17, 15) is 0 Å². The summed E-state index contributed by atoms with van der Waals surface area (Å²) < 4.78 is 7.63. The Labute approximate surface area is 135 Å². The number of aromatic nitrogens is 2. The van der Waals surface area contributed by atoms with Crippen molar-refractivity contribution < 1.29 is 4.42 Å². The summed E-state index contributed by atoms with van der Waals surface area (Å²) in [5.41, 5.74) is 0. The molecule has 0 bridgehead atoms. The third-order valence-electron chi connectivity index (χ3n) is 3.58. The minimum atomic E-state index is 0.855. The summed E-state index contributed by atoms with van der Waals surface area (Å²) in [6, 6.07) is 8.42. The second-order valence-electron chi connectivity index (χ2n) is 5.46. The van der Waals surface area contributed by atoms with Crippen LogP contribution >= 0.6 is 11.3 Å². The smallest absolute Gasteiger partial charge is 0.117 e. The molecular weight excluding hydrogens is 294 g/mol. The molecule has 3 aromatic rings. The van der Waals surface area contributed by atoms with Gasteiger partial charge in [-0.2, -0.15) is 0 Å². The lowest BCUT2D eigenvalue weighted by atomic mass is 10.3. The fraction of sp³-hybridized carbons (Fsp3) is 0.353. The second kappa shape index (κ2) is 7.42. The number of rotatable bonds is 8. The normalized spacial score (nSPS) is 11.4. The van der Waals surface area contributed by atoms with Crippen molar-refractivity contribution >= 4 is 11.3 Å². The van der Waals surface area contributed by atoms with Gasteiger partial charge in [0.25, 0.3) is 0 Å². The summed E-state index contributed by atoms with van der Waals surface area (Å²) in [5.74, 6) is 1.02. The molecule has 0 aliphatic rings. The summed E-state index contributed by atoms with van der Waals surface area (Å²) in [5, 5.41) is 0. The van der Waals surface area contributed by atoms with Crippen LogP contribution in [0.4, 0.5) is 0 Å². The molecule has 0 amide bonds. The monoisotopic (exact) mass is 315 g/mol. The van der Waals surface area contributed by atoms with Crippen molar-refractivity contribution in [2.24, 2.45) is 0 Å². The average Bonchev–Trinajstić information content (AvgIpc) is 3.22. The van der Waals surface area contributed by atoms with Gasteiger partial charge in [0, 0.05) is 41.8 Å². The van der Waals surface area contributed by atoms with E-state index in [1.54, 1.807) is 6.26 Å². The molecule has 116 valence electrons. The van der Waals surface area contributed by atoms with E-state index in [0.717, 1.165) is 38.4 Å². The van der Waals surface area contributed by atoms with Gasteiger partial charge < -0.3 is 8.98 Å². The van der Waals surface area contributed by atoms with Crippen molar-refractivity contribution in [3.8, 4) is 0 Å². The van der Waals surface area contributed by atoms with Gasteiger partial charge in [-0.1, -0.05) is 0 Å². The molecule has 0 saturated heterocycles. The van der Waals surface area contributed by atoms with E-state index >= 15 is 0 Å². The van der Waals surface area contributed by atoms with Crippen molar-refractivity contribution in [1.29, 1.82) is 0 Å². The van der Waals surface area contributed by atoms with E-state index in [4.69, 9.17) is 4.42 Å². The molecule has 3 heterocycles. The summed E-state index contributed by atoms with van der Waals surface area (Å²) in [6.07, 6.45) is 8.56. The van der Waals surface area contributed by atoms with Crippen molar-refractivity contribution in [1.82, 2.24) is 14.5 Å². The Morgan fingerprint density at radius 1 is 1.27 bits per heavy atom. The van der Waals surface area contributed by atoms with Crippen LogP contribution in [0.15, 0.2) is 53.7 Å². The van der Waals surface area contributed by atoms with Crippen LogP contribution < -0.4 is 0 Å². The lowest BCUT2D eigenvalue weighted by Gasteiger charge is -2.20. The van der Waals surface area contributed by atoms with E-state index in [1.807, 2.05) is 42.2 Å². The third-order valence-corrected chi connectivity index (χ3v) is 4.57. The Balaban J connectivity index is 1.57. The predicted octanol–water partition coefficient (Wildman–Crippen LogP) is 3.94. The first-order chi connectivity index (χ1) is 10.8. The maximum atomic E-state index is 5.51. The Morgan fingerprint density at radius 3 is 2.91 bits per heavy atom. The molecule has 4 nitrogen and oxygen atoms in total. The van der Waals surface area contributed by atoms with Gasteiger partial charge in [0.15, 0.2) is 0 Å². The summed E-state index contributed by atoms with van der Waals surface area (Å²) >= 11 is 1.87. The van der Waals surface area contributed by atoms with Crippen LogP contribution in [-0.2, 0) is 19.6 Å². The van der Waals surface area contributed by atoms with Crippen LogP contribution in [0.2, 0.25) is 0 Å². The maximum absolute atomic E-state index is 5.51. The summed E-state index contributed by atoms with van der Waals surface area (Å²) in [4.78, 5) is 9.31. The van der Waals surface area contributed by atoms with Crippen LogP contribution in [0.25, 0.3) is 0 Å². The van der Waals surface area contributed by atoms with E-state index in [0.29, 0.717) is 0 Å². The molecule has 22 heavy (non-hydrogen) atoms. The lowest BCUT2D eigenvalue weighted by Crippen LogP contribution is -2.24. The molecule has 3 rings (SSSR count). The van der Waals surface area contributed by atoms with Crippen LogP contribution in [0.1, 0.15) is 21.9 Å². The predicted molar refractivity (Wildman–Crippen MR) is 88.7 cm³/mol. The first-order valence-corrected chi connectivity index (χ1v) is 8.37. The zero-order valence-electron chi connectivity index (χ0n) is 12.8. The van der Waals surface area contributed by atoms with Gasteiger partial charge in [-0.3, -0.25) is 4.90 Å². The van der Waals surface area contributed by atoms with Crippen LogP contribution in [0.5, 0.6) is 0 Å². The first kappa shape index (κ1) is 15.1. The van der Waals surface area contributed by atoms with Gasteiger partial charge in [-0.25, -0.2) is 4.98 Å². The second-order valence-corrected chi connectivity index (χ2v) is 6.83. The molecule has 0 spiro atoms. The van der Waals surface area contributed by atoms with E-state index in [2.05, 4.69) is 33.5 Å². The number of hydrogen-bond donors (Lipinski definition) is 0. The zero-order valence-corrected chi connectivity index (χ0v) is 13.6. The number of nitrogens with zero attached hydrogens (tertiary/aromatic N) is 3. The maximum Gasteiger partial charge on any atom is 0.117 e. The zero-order chi connectivity index (χ0) is 15.2. The van der Waals surface area contributed by atoms with E-state index < -0.39 is 0 Å². The summed E-state index contributed by atoms with van der Waals surface area (Å²) in [7, 11) is 0. The first-order valence-electron chi connectivity index (χ1n) is 7.55. The molecule has 0 saturated carbocycles. The highest BCUT2D eigenvalue weighted by atomic mass is 32.1. The molecule has 0 fully saturated rings. The SMILES string of the molecule is Cc1ccc(CN(CCCn2ccnc2)Cc2ccco2)s1. The highest BCUT2D eigenvalue weighted by molar-refractivity contribution is 7.11. The van der Waals surface area contributed by atoms with Crippen LogP contribution in [0.3, 0.4) is 0 Å². The molecule has 0 unspecified atom stereocenters. The number of thiophene rings is 1. The minimum absolute atomic E-state index is 0.855. The van der Waals surface area contributed by atoms with Crippen molar-refractivity contribution in [2.45, 2.75) is 33.0 Å². The number of hydrogen-bond acceptors (Lipinski definition) is 4. The van der Waals surface area contributed by atoms with E-state index in [-0.39, 0.29) is 0 Å². The van der Waals surface area contributed by atoms with Crippen molar-refractivity contribution in [2.75, 3.05) is 6.54 Å². The van der Waals surface area contributed by atoms with Gasteiger partial charge in [-0.05, 0) is 37.6 Å². The Kier molecular flexibility index (Phi) is 5.08. The third kappa shape index (κ3) is 4.32. The van der Waals surface area contributed by atoms with Crippen LogP contribution in [0, 0.1) is 6.92 Å². The molecule has 0 N–H and O–H groups in total. The fourth-order valence-electron chi connectivity index (χ4n) is 2.52.